The Morgan fingerprint density at radius 1 is 1.50 bits per heavy atom. The van der Waals surface area contributed by atoms with E-state index in [0.717, 1.165) is 11.3 Å². The van der Waals surface area contributed by atoms with Crippen LogP contribution >= 0.6 is 0 Å². The van der Waals surface area contributed by atoms with Crippen LogP contribution in [0.15, 0.2) is 18.3 Å². The van der Waals surface area contributed by atoms with Gasteiger partial charge in [-0.2, -0.15) is 0 Å². The van der Waals surface area contributed by atoms with Gasteiger partial charge in [-0.05, 0) is 19.1 Å². The lowest BCUT2D eigenvalue weighted by molar-refractivity contribution is 0.305. The molecule has 62 valence electrons. The minimum absolute atomic E-state index is 0.117. The summed E-state index contributed by atoms with van der Waals surface area (Å²) in [6, 6.07) is 3.84. The second-order valence-electron chi connectivity index (χ2n) is 2.46. The summed E-state index contributed by atoms with van der Waals surface area (Å²) in [6.07, 6.45) is 2.26. The van der Waals surface area contributed by atoms with Gasteiger partial charge < -0.3 is 5.11 Å². The van der Waals surface area contributed by atoms with E-state index in [9.17, 15) is 0 Å². The van der Waals surface area contributed by atoms with Crippen LogP contribution in [0.1, 0.15) is 17.7 Å². The Morgan fingerprint density at radius 2 is 2.33 bits per heavy atom. The third-order valence-electron chi connectivity index (χ3n) is 1.38. The summed E-state index contributed by atoms with van der Waals surface area (Å²) < 4.78 is 0. The lowest BCUT2D eigenvalue weighted by atomic mass is 10.2. The summed E-state index contributed by atoms with van der Waals surface area (Å²) >= 11 is 0. The molecular formula is C10H11NO. The van der Waals surface area contributed by atoms with Gasteiger partial charge in [-0.3, -0.25) is 4.98 Å². The first-order valence-corrected chi connectivity index (χ1v) is 3.85. The maximum Gasteiger partial charge on any atom is 0.0540 e. The van der Waals surface area contributed by atoms with E-state index in [4.69, 9.17) is 5.11 Å². The lowest BCUT2D eigenvalue weighted by Crippen LogP contribution is -1.82. The van der Waals surface area contributed by atoms with Gasteiger partial charge >= 0.3 is 0 Å². The molecule has 0 spiro atoms. The van der Waals surface area contributed by atoms with E-state index in [1.54, 1.807) is 6.20 Å². The quantitative estimate of drug-likeness (QED) is 0.626. The van der Waals surface area contributed by atoms with E-state index >= 15 is 0 Å². The molecule has 0 aliphatic rings. The van der Waals surface area contributed by atoms with Gasteiger partial charge in [-0.1, -0.05) is 11.8 Å². The molecule has 0 saturated carbocycles. The molecule has 0 atom stereocenters. The van der Waals surface area contributed by atoms with Crippen LogP contribution < -0.4 is 0 Å². The fourth-order valence-corrected chi connectivity index (χ4v) is 0.762. The SMILES string of the molecule is Cc1ccc(C#CCCO)cn1. The summed E-state index contributed by atoms with van der Waals surface area (Å²) in [4.78, 5) is 4.09. The minimum atomic E-state index is 0.117. The highest BCUT2D eigenvalue weighted by atomic mass is 16.2. The number of aryl methyl sites for hydroxylation is 1. The molecule has 0 amide bonds. The van der Waals surface area contributed by atoms with Gasteiger partial charge in [0, 0.05) is 23.9 Å². The Kier molecular flexibility index (Phi) is 3.31. The molecule has 12 heavy (non-hydrogen) atoms. The Balaban J connectivity index is 2.66. The van der Waals surface area contributed by atoms with Crippen molar-refractivity contribution in [2.45, 2.75) is 13.3 Å². The van der Waals surface area contributed by atoms with Crippen LogP contribution in [-0.4, -0.2) is 16.7 Å². The molecule has 0 aliphatic heterocycles. The molecule has 1 heterocycles. The first-order chi connectivity index (χ1) is 5.83. The molecule has 0 bridgehead atoms. The van der Waals surface area contributed by atoms with Crippen LogP contribution in [0, 0.1) is 18.8 Å². The molecule has 1 aromatic heterocycles. The Hall–Kier alpha value is -1.33. The number of pyridine rings is 1. The first kappa shape index (κ1) is 8.76. The van der Waals surface area contributed by atoms with Gasteiger partial charge in [-0.15, -0.1) is 0 Å². The van der Waals surface area contributed by atoms with E-state index in [-0.39, 0.29) is 6.61 Å². The molecule has 1 N–H and O–H groups in total. The van der Waals surface area contributed by atoms with Crippen molar-refractivity contribution in [1.29, 1.82) is 0 Å². The van der Waals surface area contributed by atoms with Gasteiger partial charge in [0.1, 0.15) is 0 Å². The van der Waals surface area contributed by atoms with Crippen molar-refractivity contribution in [3.8, 4) is 11.8 Å². The molecule has 0 aliphatic carbocycles. The summed E-state index contributed by atoms with van der Waals surface area (Å²) in [5.41, 5.74) is 1.89. The molecule has 2 nitrogen and oxygen atoms in total. The predicted octanol–water partition coefficient (Wildman–Crippen LogP) is 1.12. The van der Waals surface area contributed by atoms with Crippen molar-refractivity contribution in [3.63, 3.8) is 0 Å². The molecule has 0 saturated heterocycles. The van der Waals surface area contributed by atoms with Crippen molar-refractivity contribution >= 4 is 0 Å². The van der Waals surface area contributed by atoms with E-state index in [1.807, 2.05) is 19.1 Å². The number of aromatic nitrogens is 1. The highest BCUT2D eigenvalue weighted by Crippen LogP contribution is 1.96. The van der Waals surface area contributed by atoms with Crippen LogP contribution in [-0.2, 0) is 0 Å². The normalized spacial score (nSPS) is 8.83. The standard InChI is InChI=1S/C10H11NO/c1-9-5-6-10(8-11-9)4-2-3-7-12/h5-6,8,12H,3,7H2,1H3. The summed E-state index contributed by atoms with van der Waals surface area (Å²) in [5.74, 6) is 5.73. The smallest absolute Gasteiger partial charge is 0.0540 e. The summed E-state index contributed by atoms with van der Waals surface area (Å²) in [6.45, 7) is 2.05. The second-order valence-corrected chi connectivity index (χ2v) is 2.46. The average molecular weight is 161 g/mol. The Morgan fingerprint density at radius 3 is 2.92 bits per heavy atom. The van der Waals surface area contributed by atoms with Crippen LogP contribution in [0.25, 0.3) is 0 Å². The Bertz CT molecular complexity index is 292. The number of aliphatic hydroxyl groups is 1. The van der Waals surface area contributed by atoms with Crippen LogP contribution in [0.4, 0.5) is 0 Å². The minimum Gasteiger partial charge on any atom is -0.395 e. The Labute approximate surface area is 72.3 Å². The molecule has 0 radical (unpaired) electrons. The van der Waals surface area contributed by atoms with Crippen molar-refractivity contribution in [3.05, 3.63) is 29.6 Å². The summed E-state index contributed by atoms with van der Waals surface area (Å²) in [7, 11) is 0. The van der Waals surface area contributed by atoms with Gasteiger partial charge in [-0.25, -0.2) is 0 Å². The van der Waals surface area contributed by atoms with Crippen LogP contribution in [0.2, 0.25) is 0 Å². The third kappa shape index (κ3) is 2.73. The molecule has 1 aromatic rings. The van der Waals surface area contributed by atoms with E-state index in [0.29, 0.717) is 6.42 Å². The van der Waals surface area contributed by atoms with Crippen LogP contribution in [0.3, 0.4) is 0 Å². The number of aliphatic hydroxyl groups excluding tert-OH is 1. The zero-order chi connectivity index (χ0) is 8.81. The number of hydrogen-bond donors (Lipinski definition) is 1. The average Bonchev–Trinajstić information content (AvgIpc) is 2.09. The van der Waals surface area contributed by atoms with E-state index in [2.05, 4.69) is 16.8 Å². The number of hydrogen-bond acceptors (Lipinski definition) is 2. The highest BCUT2D eigenvalue weighted by molar-refractivity contribution is 5.32. The largest absolute Gasteiger partial charge is 0.395 e. The molecule has 1 rings (SSSR count). The number of rotatable bonds is 1. The maximum atomic E-state index is 8.47. The van der Waals surface area contributed by atoms with Gasteiger partial charge in [0.15, 0.2) is 0 Å². The molecule has 0 fully saturated rings. The fraction of sp³-hybridized carbons (Fsp3) is 0.300. The van der Waals surface area contributed by atoms with Crippen molar-refractivity contribution in [2.24, 2.45) is 0 Å². The fourth-order valence-electron chi connectivity index (χ4n) is 0.762. The first-order valence-electron chi connectivity index (χ1n) is 3.85. The summed E-state index contributed by atoms with van der Waals surface area (Å²) in [5, 5.41) is 8.47. The van der Waals surface area contributed by atoms with E-state index < -0.39 is 0 Å². The third-order valence-corrected chi connectivity index (χ3v) is 1.38. The molecule has 0 aromatic carbocycles. The molecular weight excluding hydrogens is 150 g/mol. The topological polar surface area (TPSA) is 33.1 Å². The predicted molar refractivity (Wildman–Crippen MR) is 47.6 cm³/mol. The van der Waals surface area contributed by atoms with Crippen molar-refractivity contribution in [2.75, 3.05) is 6.61 Å². The molecule has 2 heteroatoms. The highest BCUT2D eigenvalue weighted by Gasteiger charge is 1.85. The molecule has 0 unspecified atom stereocenters. The van der Waals surface area contributed by atoms with E-state index in [1.165, 1.54) is 0 Å². The van der Waals surface area contributed by atoms with Crippen molar-refractivity contribution in [1.82, 2.24) is 4.98 Å². The monoisotopic (exact) mass is 161 g/mol. The zero-order valence-electron chi connectivity index (χ0n) is 7.04. The zero-order valence-corrected chi connectivity index (χ0v) is 7.04. The van der Waals surface area contributed by atoms with Crippen molar-refractivity contribution < 1.29 is 5.11 Å². The lowest BCUT2D eigenvalue weighted by Gasteiger charge is -1.90. The van der Waals surface area contributed by atoms with Gasteiger partial charge in [0.05, 0.1) is 6.61 Å². The maximum absolute atomic E-state index is 8.47. The number of nitrogens with zero attached hydrogens (tertiary/aromatic N) is 1. The van der Waals surface area contributed by atoms with Gasteiger partial charge in [0.25, 0.3) is 0 Å². The van der Waals surface area contributed by atoms with Gasteiger partial charge in [0.2, 0.25) is 0 Å². The second kappa shape index (κ2) is 4.53. The van der Waals surface area contributed by atoms with Crippen LogP contribution in [0.5, 0.6) is 0 Å².